The highest BCUT2D eigenvalue weighted by Crippen LogP contribution is 2.33. The van der Waals surface area contributed by atoms with Gasteiger partial charge >= 0.3 is 0 Å². The van der Waals surface area contributed by atoms with Crippen LogP contribution >= 0.6 is 11.3 Å². The van der Waals surface area contributed by atoms with Crippen LogP contribution in [0.1, 0.15) is 12.8 Å². The van der Waals surface area contributed by atoms with Crippen molar-refractivity contribution in [3.63, 3.8) is 0 Å². The predicted octanol–water partition coefficient (Wildman–Crippen LogP) is 2.82. The Morgan fingerprint density at radius 1 is 1.61 bits per heavy atom. The SMILES string of the molecule is C=CCNC(=O)C1CCCN(c2nc3ccc(OC)cc3s2)C1. The number of hydrogen-bond acceptors (Lipinski definition) is 5. The Balaban J connectivity index is 1.75. The molecule has 1 aromatic heterocycles. The van der Waals surface area contributed by atoms with E-state index in [0.717, 1.165) is 47.0 Å². The topological polar surface area (TPSA) is 54.5 Å². The maximum atomic E-state index is 12.2. The minimum absolute atomic E-state index is 0.0187. The van der Waals surface area contributed by atoms with E-state index in [0.29, 0.717) is 6.54 Å². The van der Waals surface area contributed by atoms with Gasteiger partial charge in [-0.1, -0.05) is 17.4 Å². The van der Waals surface area contributed by atoms with E-state index in [9.17, 15) is 4.79 Å². The van der Waals surface area contributed by atoms with Crippen LogP contribution in [0.4, 0.5) is 5.13 Å². The molecule has 1 amide bonds. The van der Waals surface area contributed by atoms with Crippen molar-refractivity contribution in [3.8, 4) is 5.75 Å². The molecule has 1 saturated heterocycles. The first-order valence-corrected chi connectivity index (χ1v) is 8.61. The van der Waals surface area contributed by atoms with Crippen molar-refractivity contribution >= 4 is 32.6 Å². The number of rotatable bonds is 5. The number of ether oxygens (including phenoxy) is 1. The summed E-state index contributed by atoms with van der Waals surface area (Å²) in [5.41, 5.74) is 0.976. The molecular weight excluding hydrogens is 310 g/mol. The van der Waals surface area contributed by atoms with E-state index in [1.807, 2.05) is 18.2 Å². The molecule has 1 unspecified atom stereocenters. The van der Waals surface area contributed by atoms with Crippen LogP contribution in [0.25, 0.3) is 10.2 Å². The van der Waals surface area contributed by atoms with Crippen LogP contribution in [-0.4, -0.2) is 37.6 Å². The first kappa shape index (κ1) is 15.8. The van der Waals surface area contributed by atoms with Gasteiger partial charge in [-0.25, -0.2) is 4.98 Å². The molecule has 1 N–H and O–H groups in total. The number of methoxy groups -OCH3 is 1. The highest BCUT2D eigenvalue weighted by Gasteiger charge is 2.27. The smallest absolute Gasteiger partial charge is 0.225 e. The minimum atomic E-state index is 0.0187. The average molecular weight is 331 g/mol. The number of carbonyl (C=O) groups excluding carboxylic acids is 1. The predicted molar refractivity (Wildman–Crippen MR) is 94.3 cm³/mol. The Bertz CT molecular complexity index is 713. The van der Waals surface area contributed by atoms with Gasteiger partial charge in [0.25, 0.3) is 0 Å². The van der Waals surface area contributed by atoms with E-state index in [2.05, 4.69) is 16.8 Å². The van der Waals surface area contributed by atoms with Gasteiger partial charge in [0.15, 0.2) is 5.13 Å². The maximum absolute atomic E-state index is 12.2. The Hall–Kier alpha value is -2.08. The second-order valence-corrected chi connectivity index (χ2v) is 6.66. The van der Waals surface area contributed by atoms with Crippen molar-refractivity contribution in [2.24, 2.45) is 5.92 Å². The third kappa shape index (κ3) is 3.47. The molecule has 122 valence electrons. The van der Waals surface area contributed by atoms with Crippen molar-refractivity contribution in [1.29, 1.82) is 0 Å². The molecule has 1 aliphatic heterocycles. The Kier molecular flexibility index (Phi) is 4.81. The summed E-state index contributed by atoms with van der Waals surface area (Å²) in [5.74, 6) is 0.968. The molecule has 1 atom stereocenters. The number of carbonyl (C=O) groups is 1. The summed E-state index contributed by atoms with van der Waals surface area (Å²) in [5, 5.41) is 3.88. The quantitative estimate of drug-likeness (QED) is 0.856. The average Bonchev–Trinajstić information content (AvgIpc) is 3.02. The number of amides is 1. The molecule has 23 heavy (non-hydrogen) atoms. The molecule has 0 radical (unpaired) electrons. The monoisotopic (exact) mass is 331 g/mol. The lowest BCUT2D eigenvalue weighted by Gasteiger charge is -2.31. The maximum Gasteiger partial charge on any atom is 0.225 e. The molecule has 6 heteroatoms. The van der Waals surface area contributed by atoms with Gasteiger partial charge in [-0.2, -0.15) is 0 Å². The number of anilines is 1. The molecule has 0 bridgehead atoms. The first-order chi connectivity index (χ1) is 11.2. The fourth-order valence-corrected chi connectivity index (χ4v) is 3.87. The van der Waals surface area contributed by atoms with Gasteiger partial charge in [0, 0.05) is 19.6 Å². The summed E-state index contributed by atoms with van der Waals surface area (Å²) in [4.78, 5) is 19.1. The molecular formula is C17H21N3O2S. The number of piperidine rings is 1. The highest BCUT2D eigenvalue weighted by molar-refractivity contribution is 7.22. The van der Waals surface area contributed by atoms with Crippen LogP contribution in [0.3, 0.4) is 0 Å². The third-order valence-corrected chi connectivity index (χ3v) is 5.15. The Labute approximate surface area is 140 Å². The van der Waals surface area contributed by atoms with Crippen molar-refractivity contribution in [1.82, 2.24) is 10.3 Å². The van der Waals surface area contributed by atoms with Crippen LogP contribution in [0.15, 0.2) is 30.9 Å². The fourth-order valence-electron chi connectivity index (χ4n) is 2.84. The zero-order valence-corrected chi connectivity index (χ0v) is 14.1. The van der Waals surface area contributed by atoms with Crippen LogP contribution < -0.4 is 15.0 Å². The summed E-state index contributed by atoms with van der Waals surface area (Å²) in [6.45, 7) is 5.83. The number of hydrogen-bond donors (Lipinski definition) is 1. The molecule has 5 nitrogen and oxygen atoms in total. The summed E-state index contributed by atoms with van der Waals surface area (Å²) in [7, 11) is 1.67. The number of nitrogens with one attached hydrogen (secondary N) is 1. The fraction of sp³-hybridized carbons (Fsp3) is 0.412. The van der Waals surface area contributed by atoms with Crippen molar-refractivity contribution < 1.29 is 9.53 Å². The molecule has 2 aromatic rings. The van der Waals surface area contributed by atoms with Crippen LogP contribution in [-0.2, 0) is 4.79 Å². The number of aromatic nitrogens is 1. The third-order valence-electron chi connectivity index (χ3n) is 4.07. The molecule has 1 fully saturated rings. The second kappa shape index (κ2) is 7.00. The van der Waals surface area contributed by atoms with Crippen molar-refractivity contribution in [2.75, 3.05) is 31.6 Å². The highest BCUT2D eigenvalue weighted by atomic mass is 32.1. The standard InChI is InChI=1S/C17H21N3O2S/c1-3-8-18-16(21)12-5-4-9-20(11-12)17-19-14-7-6-13(22-2)10-15(14)23-17/h3,6-7,10,12H,1,4-5,8-9,11H2,2H3,(H,18,21). The molecule has 0 spiro atoms. The summed E-state index contributed by atoms with van der Waals surface area (Å²) in [6, 6.07) is 5.91. The van der Waals surface area contributed by atoms with Gasteiger partial charge in [-0.05, 0) is 31.0 Å². The Morgan fingerprint density at radius 2 is 2.48 bits per heavy atom. The molecule has 2 heterocycles. The van der Waals surface area contributed by atoms with Gasteiger partial charge in [0.05, 0.1) is 23.2 Å². The van der Waals surface area contributed by atoms with E-state index in [4.69, 9.17) is 9.72 Å². The summed E-state index contributed by atoms with van der Waals surface area (Å²) >= 11 is 1.65. The minimum Gasteiger partial charge on any atom is -0.497 e. The van der Waals surface area contributed by atoms with Crippen LogP contribution in [0.5, 0.6) is 5.75 Å². The molecule has 0 saturated carbocycles. The number of benzene rings is 1. The van der Waals surface area contributed by atoms with Gasteiger partial charge in [0.2, 0.25) is 5.91 Å². The van der Waals surface area contributed by atoms with E-state index in [1.165, 1.54) is 0 Å². The zero-order valence-electron chi connectivity index (χ0n) is 13.2. The van der Waals surface area contributed by atoms with Gasteiger partial charge in [0.1, 0.15) is 5.75 Å². The van der Waals surface area contributed by atoms with Gasteiger partial charge in [-0.15, -0.1) is 6.58 Å². The van der Waals surface area contributed by atoms with Crippen LogP contribution in [0.2, 0.25) is 0 Å². The molecule has 3 rings (SSSR count). The van der Waals surface area contributed by atoms with E-state index in [1.54, 1.807) is 24.5 Å². The Morgan fingerprint density at radius 3 is 3.26 bits per heavy atom. The summed E-state index contributed by atoms with van der Waals surface area (Å²) < 4.78 is 6.38. The first-order valence-electron chi connectivity index (χ1n) is 7.79. The van der Waals surface area contributed by atoms with Crippen LogP contribution in [0, 0.1) is 5.92 Å². The number of fused-ring (bicyclic) bond motifs is 1. The van der Waals surface area contributed by atoms with Gasteiger partial charge in [-0.3, -0.25) is 4.79 Å². The lowest BCUT2D eigenvalue weighted by Crippen LogP contribution is -2.43. The normalized spacial score (nSPS) is 18.0. The lowest BCUT2D eigenvalue weighted by atomic mass is 9.97. The zero-order chi connectivity index (χ0) is 16.2. The van der Waals surface area contributed by atoms with Gasteiger partial charge < -0.3 is 15.0 Å². The van der Waals surface area contributed by atoms with Crippen molar-refractivity contribution in [2.45, 2.75) is 12.8 Å². The van der Waals surface area contributed by atoms with E-state index < -0.39 is 0 Å². The second-order valence-electron chi connectivity index (χ2n) is 5.65. The van der Waals surface area contributed by atoms with E-state index in [-0.39, 0.29) is 11.8 Å². The lowest BCUT2D eigenvalue weighted by molar-refractivity contribution is -0.125. The largest absolute Gasteiger partial charge is 0.497 e. The van der Waals surface area contributed by atoms with Crippen molar-refractivity contribution in [3.05, 3.63) is 30.9 Å². The molecule has 1 aromatic carbocycles. The number of nitrogens with zero attached hydrogens (tertiary/aromatic N) is 2. The summed E-state index contributed by atoms with van der Waals surface area (Å²) in [6.07, 6.45) is 3.64. The molecule has 1 aliphatic rings. The van der Waals surface area contributed by atoms with E-state index >= 15 is 0 Å². The number of thiazole rings is 1. The molecule has 0 aliphatic carbocycles.